The zero-order valence-electron chi connectivity index (χ0n) is 12.1. The molecular weight excluding hydrogens is 353 g/mol. The van der Waals surface area contributed by atoms with Crippen LogP contribution in [0.25, 0.3) is 0 Å². The lowest BCUT2D eigenvalue weighted by atomic mass is 10.3. The molecule has 0 saturated heterocycles. The van der Waals surface area contributed by atoms with E-state index in [9.17, 15) is 0 Å². The average Bonchev–Trinajstić information content (AvgIpc) is 2.39. The number of aliphatic imine (C=N–C) groups is 1. The van der Waals surface area contributed by atoms with Crippen LogP contribution in [-0.4, -0.2) is 38.6 Å². The van der Waals surface area contributed by atoms with E-state index < -0.39 is 0 Å². The molecule has 1 heterocycles. The minimum atomic E-state index is 0. The van der Waals surface area contributed by atoms with E-state index in [1.165, 1.54) is 0 Å². The summed E-state index contributed by atoms with van der Waals surface area (Å²) in [5, 5.41) is 6.47. The molecule has 0 fully saturated rings. The van der Waals surface area contributed by atoms with E-state index in [1.807, 2.05) is 37.2 Å². The second-order valence-electron chi connectivity index (χ2n) is 4.23. The van der Waals surface area contributed by atoms with Gasteiger partial charge in [0, 0.05) is 27.7 Å². The molecule has 5 nitrogen and oxygen atoms in total. The summed E-state index contributed by atoms with van der Waals surface area (Å²) in [7, 11) is 5.75. The number of pyridine rings is 1. The van der Waals surface area contributed by atoms with Crippen molar-refractivity contribution in [2.45, 2.75) is 19.9 Å². The van der Waals surface area contributed by atoms with Gasteiger partial charge in [0.25, 0.3) is 0 Å². The minimum absolute atomic E-state index is 0. The number of anilines is 1. The van der Waals surface area contributed by atoms with Crippen LogP contribution >= 0.6 is 24.0 Å². The fraction of sp³-hybridized carbons (Fsp3) is 0.538. The number of halogens is 1. The Balaban J connectivity index is 0.00000324. The lowest BCUT2D eigenvalue weighted by Crippen LogP contribution is -2.37. The molecule has 0 spiro atoms. The van der Waals surface area contributed by atoms with Crippen LogP contribution in [0.2, 0.25) is 0 Å². The predicted octanol–water partition coefficient (Wildman–Crippen LogP) is 1.84. The van der Waals surface area contributed by atoms with Crippen LogP contribution in [0.3, 0.4) is 0 Å². The van der Waals surface area contributed by atoms with Crippen LogP contribution in [0.5, 0.6) is 0 Å². The third-order valence-electron chi connectivity index (χ3n) is 2.45. The maximum Gasteiger partial charge on any atom is 0.191 e. The van der Waals surface area contributed by atoms with E-state index in [0.717, 1.165) is 30.4 Å². The van der Waals surface area contributed by atoms with Crippen LogP contribution in [0.15, 0.2) is 23.2 Å². The van der Waals surface area contributed by atoms with Gasteiger partial charge in [-0.15, -0.1) is 24.0 Å². The van der Waals surface area contributed by atoms with Crippen molar-refractivity contribution in [1.82, 2.24) is 15.6 Å². The molecule has 0 radical (unpaired) electrons. The van der Waals surface area contributed by atoms with Crippen molar-refractivity contribution >= 4 is 35.8 Å². The molecule has 6 heteroatoms. The van der Waals surface area contributed by atoms with Crippen molar-refractivity contribution in [1.29, 1.82) is 0 Å². The van der Waals surface area contributed by atoms with Crippen LogP contribution in [0.4, 0.5) is 5.82 Å². The topological polar surface area (TPSA) is 52.6 Å². The van der Waals surface area contributed by atoms with E-state index in [2.05, 4.69) is 27.5 Å². The number of guanidine groups is 1. The molecule has 0 amide bonds. The van der Waals surface area contributed by atoms with Gasteiger partial charge in [-0.2, -0.15) is 0 Å². The number of hydrogen-bond acceptors (Lipinski definition) is 3. The first-order chi connectivity index (χ1) is 8.67. The van der Waals surface area contributed by atoms with Gasteiger partial charge in [0.2, 0.25) is 0 Å². The molecule has 0 bridgehead atoms. The van der Waals surface area contributed by atoms with Crippen molar-refractivity contribution in [2.24, 2.45) is 4.99 Å². The van der Waals surface area contributed by atoms with Gasteiger partial charge in [-0.25, -0.2) is 4.98 Å². The summed E-state index contributed by atoms with van der Waals surface area (Å²) >= 11 is 0. The largest absolute Gasteiger partial charge is 0.363 e. The first kappa shape index (κ1) is 17.9. The molecule has 0 aliphatic rings. The molecule has 0 aliphatic carbocycles. The van der Waals surface area contributed by atoms with E-state index in [1.54, 1.807) is 7.05 Å². The highest BCUT2D eigenvalue weighted by atomic mass is 127. The molecular formula is C13H24IN5. The van der Waals surface area contributed by atoms with Gasteiger partial charge in [-0.3, -0.25) is 4.99 Å². The zero-order chi connectivity index (χ0) is 13.4. The third-order valence-corrected chi connectivity index (χ3v) is 2.45. The van der Waals surface area contributed by atoms with Crippen molar-refractivity contribution in [3.8, 4) is 0 Å². The molecule has 1 rings (SSSR count). The standard InChI is InChI=1S/C13H23N5.HI/c1-5-9-15-13(14-2)16-10-11-7-6-8-12(17-11)18(3)4;/h6-8H,5,9-10H2,1-4H3,(H2,14,15,16);1H. The maximum atomic E-state index is 4.54. The minimum Gasteiger partial charge on any atom is -0.363 e. The molecule has 0 aromatic carbocycles. The Morgan fingerprint density at radius 1 is 1.32 bits per heavy atom. The predicted molar refractivity (Wildman–Crippen MR) is 92.5 cm³/mol. The summed E-state index contributed by atoms with van der Waals surface area (Å²) in [6, 6.07) is 6.02. The number of rotatable bonds is 5. The quantitative estimate of drug-likeness (QED) is 0.467. The zero-order valence-corrected chi connectivity index (χ0v) is 14.4. The molecule has 0 atom stereocenters. The molecule has 0 aliphatic heterocycles. The SMILES string of the molecule is CCCNC(=NC)NCc1cccc(N(C)C)n1.I. The molecule has 2 N–H and O–H groups in total. The van der Waals surface area contributed by atoms with Crippen molar-refractivity contribution in [2.75, 3.05) is 32.6 Å². The van der Waals surface area contributed by atoms with Crippen LogP contribution in [0.1, 0.15) is 19.0 Å². The van der Waals surface area contributed by atoms with E-state index in [0.29, 0.717) is 6.54 Å². The van der Waals surface area contributed by atoms with Gasteiger partial charge in [0.15, 0.2) is 5.96 Å². The summed E-state index contributed by atoms with van der Waals surface area (Å²) in [5.41, 5.74) is 1.00. The highest BCUT2D eigenvalue weighted by Crippen LogP contribution is 2.07. The Bertz CT molecular complexity index is 392. The molecule has 1 aromatic heterocycles. The maximum absolute atomic E-state index is 4.54. The second-order valence-corrected chi connectivity index (χ2v) is 4.23. The second kappa shape index (κ2) is 9.82. The molecule has 1 aromatic rings. The highest BCUT2D eigenvalue weighted by molar-refractivity contribution is 14.0. The average molecular weight is 377 g/mol. The van der Waals surface area contributed by atoms with E-state index >= 15 is 0 Å². The number of aromatic nitrogens is 1. The van der Waals surface area contributed by atoms with Crippen molar-refractivity contribution in [3.05, 3.63) is 23.9 Å². The van der Waals surface area contributed by atoms with E-state index in [4.69, 9.17) is 0 Å². The fourth-order valence-electron chi connectivity index (χ4n) is 1.45. The Hall–Kier alpha value is -1.05. The van der Waals surface area contributed by atoms with Gasteiger partial charge in [0.05, 0.1) is 12.2 Å². The molecule has 0 saturated carbocycles. The van der Waals surface area contributed by atoms with Gasteiger partial charge in [-0.05, 0) is 18.6 Å². The Kier molecular flexibility index (Phi) is 9.28. The Morgan fingerprint density at radius 3 is 2.63 bits per heavy atom. The third kappa shape index (κ3) is 6.60. The van der Waals surface area contributed by atoms with Gasteiger partial charge < -0.3 is 15.5 Å². The summed E-state index contributed by atoms with van der Waals surface area (Å²) in [4.78, 5) is 10.7. The van der Waals surface area contributed by atoms with E-state index in [-0.39, 0.29) is 24.0 Å². The highest BCUT2D eigenvalue weighted by Gasteiger charge is 2.01. The lowest BCUT2D eigenvalue weighted by molar-refractivity contribution is 0.772. The molecule has 0 unspecified atom stereocenters. The van der Waals surface area contributed by atoms with Gasteiger partial charge in [0.1, 0.15) is 5.82 Å². The number of nitrogens with one attached hydrogen (secondary N) is 2. The monoisotopic (exact) mass is 377 g/mol. The summed E-state index contributed by atoms with van der Waals surface area (Å²) in [6.07, 6.45) is 1.08. The smallest absolute Gasteiger partial charge is 0.191 e. The Morgan fingerprint density at radius 2 is 2.05 bits per heavy atom. The molecule has 19 heavy (non-hydrogen) atoms. The van der Waals surface area contributed by atoms with Crippen LogP contribution in [-0.2, 0) is 6.54 Å². The fourth-order valence-corrected chi connectivity index (χ4v) is 1.45. The molecule has 108 valence electrons. The van der Waals surface area contributed by atoms with Crippen LogP contribution in [0, 0.1) is 0 Å². The summed E-state index contributed by atoms with van der Waals surface area (Å²) < 4.78 is 0. The first-order valence-corrected chi connectivity index (χ1v) is 6.25. The van der Waals surface area contributed by atoms with Crippen LogP contribution < -0.4 is 15.5 Å². The Labute approximate surface area is 132 Å². The lowest BCUT2D eigenvalue weighted by Gasteiger charge is -2.14. The summed E-state index contributed by atoms with van der Waals surface area (Å²) in [5.74, 6) is 1.78. The number of hydrogen-bond donors (Lipinski definition) is 2. The summed E-state index contributed by atoms with van der Waals surface area (Å²) in [6.45, 7) is 3.72. The van der Waals surface area contributed by atoms with Crippen molar-refractivity contribution < 1.29 is 0 Å². The van der Waals surface area contributed by atoms with Crippen molar-refractivity contribution in [3.63, 3.8) is 0 Å². The van der Waals surface area contributed by atoms with Gasteiger partial charge >= 0.3 is 0 Å². The number of nitrogens with zero attached hydrogens (tertiary/aromatic N) is 3. The van der Waals surface area contributed by atoms with Gasteiger partial charge in [-0.1, -0.05) is 13.0 Å². The first-order valence-electron chi connectivity index (χ1n) is 6.25. The normalized spacial score (nSPS) is 10.6.